The fraction of sp³-hybridized carbons (Fsp3) is 0.846. The molecule has 0 radical (unpaired) electrons. The summed E-state index contributed by atoms with van der Waals surface area (Å²) in [5, 5.41) is 0. The Morgan fingerprint density at radius 3 is 2.46 bits per heavy atom. The van der Waals surface area contributed by atoms with Crippen LogP contribution < -0.4 is 0 Å². The second-order valence-corrected chi connectivity index (χ2v) is 5.28. The first-order valence-electron chi connectivity index (χ1n) is 6.03. The maximum absolute atomic E-state index is 2.41. The smallest absolute Gasteiger partial charge is 0.0132 e. The lowest BCUT2D eigenvalue weighted by molar-refractivity contribution is 0.317. The van der Waals surface area contributed by atoms with Crippen LogP contribution in [0.5, 0.6) is 0 Å². The van der Waals surface area contributed by atoms with Crippen molar-refractivity contribution in [3.8, 4) is 0 Å². The molecule has 4 aliphatic rings. The third-order valence-electron chi connectivity index (χ3n) is 5.03. The van der Waals surface area contributed by atoms with Gasteiger partial charge in [0.1, 0.15) is 0 Å². The molecule has 0 heteroatoms. The van der Waals surface area contributed by atoms with Crippen LogP contribution in [-0.4, -0.2) is 0 Å². The number of hydrogen-bond donors (Lipinski definition) is 0. The van der Waals surface area contributed by atoms with E-state index in [0.29, 0.717) is 0 Å². The molecule has 0 aromatic carbocycles. The van der Waals surface area contributed by atoms with Crippen molar-refractivity contribution in [2.75, 3.05) is 0 Å². The van der Waals surface area contributed by atoms with E-state index >= 15 is 0 Å². The normalized spacial score (nSPS) is 47.5. The van der Waals surface area contributed by atoms with Gasteiger partial charge in [-0.15, -0.1) is 0 Å². The van der Waals surface area contributed by atoms with Crippen LogP contribution >= 0.6 is 0 Å². The molecule has 0 nitrogen and oxygen atoms in total. The topological polar surface area (TPSA) is 0 Å². The first-order valence-corrected chi connectivity index (χ1v) is 6.03. The molecule has 2 saturated carbocycles. The van der Waals surface area contributed by atoms with Crippen LogP contribution in [-0.2, 0) is 0 Å². The van der Waals surface area contributed by atoms with Gasteiger partial charge in [-0.05, 0) is 56.3 Å². The molecule has 0 aromatic rings. The molecule has 13 heavy (non-hydrogen) atoms. The van der Waals surface area contributed by atoms with Crippen LogP contribution in [0.15, 0.2) is 11.1 Å². The largest absolute Gasteiger partial charge is 0.0698 e. The fourth-order valence-corrected chi connectivity index (χ4v) is 4.36. The first-order chi connectivity index (χ1) is 6.33. The Morgan fingerprint density at radius 2 is 1.69 bits per heavy atom. The van der Waals surface area contributed by atoms with Crippen molar-refractivity contribution in [2.45, 2.75) is 46.0 Å². The van der Waals surface area contributed by atoms with Crippen molar-refractivity contribution in [1.29, 1.82) is 0 Å². The van der Waals surface area contributed by atoms with Gasteiger partial charge in [0.15, 0.2) is 0 Å². The maximum atomic E-state index is 2.41. The third kappa shape index (κ3) is 0.872. The molecule has 4 aliphatic carbocycles. The Kier molecular flexibility index (Phi) is 1.63. The zero-order valence-electron chi connectivity index (χ0n) is 8.84. The summed E-state index contributed by atoms with van der Waals surface area (Å²) in [4.78, 5) is 0. The average Bonchev–Trinajstić information content (AvgIpc) is 2.33. The van der Waals surface area contributed by atoms with Crippen molar-refractivity contribution in [2.24, 2.45) is 23.7 Å². The predicted molar refractivity (Wildman–Crippen MR) is 55.4 cm³/mol. The number of rotatable bonds is 1. The minimum Gasteiger partial charge on any atom is -0.0698 e. The summed E-state index contributed by atoms with van der Waals surface area (Å²) in [6.07, 6.45) is 7.49. The van der Waals surface area contributed by atoms with E-state index in [-0.39, 0.29) is 0 Å². The second-order valence-electron chi connectivity index (χ2n) is 5.28. The lowest BCUT2D eigenvalue weighted by Crippen LogP contribution is -2.26. The molecule has 0 N–H and O–H groups in total. The molecule has 72 valence electrons. The molecule has 0 saturated heterocycles. The molecule has 4 bridgehead atoms. The molecule has 4 atom stereocenters. The Morgan fingerprint density at radius 1 is 1.00 bits per heavy atom. The Bertz CT molecular complexity index is 261. The highest BCUT2D eigenvalue weighted by Crippen LogP contribution is 2.60. The molecule has 0 amide bonds. The number of allylic oxidation sites excluding steroid dienone is 2. The van der Waals surface area contributed by atoms with E-state index in [1.54, 1.807) is 0 Å². The van der Waals surface area contributed by atoms with Crippen LogP contribution in [0.1, 0.15) is 46.0 Å². The molecule has 4 rings (SSSR count). The van der Waals surface area contributed by atoms with Crippen LogP contribution in [0.3, 0.4) is 0 Å². The van der Waals surface area contributed by atoms with Gasteiger partial charge in [0.05, 0.1) is 0 Å². The zero-order chi connectivity index (χ0) is 9.00. The maximum Gasteiger partial charge on any atom is -0.0132 e. The fourth-order valence-electron chi connectivity index (χ4n) is 4.36. The lowest BCUT2D eigenvalue weighted by atomic mass is 9.68. The molecule has 0 heterocycles. The summed E-state index contributed by atoms with van der Waals surface area (Å²) in [6.45, 7) is 4.80. The highest BCUT2D eigenvalue weighted by molar-refractivity contribution is 5.37. The first kappa shape index (κ1) is 8.08. The number of hydrogen-bond acceptors (Lipinski definition) is 0. The van der Waals surface area contributed by atoms with Crippen molar-refractivity contribution in [3.63, 3.8) is 0 Å². The van der Waals surface area contributed by atoms with Gasteiger partial charge in [-0.3, -0.25) is 0 Å². The van der Waals surface area contributed by atoms with Gasteiger partial charge >= 0.3 is 0 Å². The summed E-state index contributed by atoms with van der Waals surface area (Å²) in [5.41, 5.74) is 3.73. The van der Waals surface area contributed by atoms with Crippen LogP contribution in [0.2, 0.25) is 0 Å². The Balaban J connectivity index is 1.98. The highest BCUT2D eigenvalue weighted by Gasteiger charge is 2.49. The van der Waals surface area contributed by atoms with Gasteiger partial charge in [-0.25, -0.2) is 0 Å². The van der Waals surface area contributed by atoms with E-state index in [9.17, 15) is 0 Å². The minimum absolute atomic E-state index is 1.02. The van der Waals surface area contributed by atoms with E-state index in [2.05, 4.69) is 13.8 Å². The van der Waals surface area contributed by atoms with Gasteiger partial charge < -0.3 is 0 Å². The summed E-state index contributed by atoms with van der Waals surface area (Å²) in [5.74, 6) is 4.15. The van der Waals surface area contributed by atoms with E-state index in [1.165, 1.54) is 32.1 Å². The van der Waals surface area contributed by atoms with Gasteiger partial charge in [-0.2, -0.15) is 0 Å². The van der Waals surface area contributed by atoms with Gasteiger partial charge in [-0.1, -0.05) is 24.5 Å². The molecule has 2 fully saturated rings. The van der Waals surface area contributed by atoms with Crippen LogP contribution in [0.25, 0.3) is 0 Å². The second kappa shape index (κ2) is 2.62. The van der Waals surface area contributed by atoms with E-state index in [4.69, 9.17) is 0 Å². The Hall–Kier alpha value is -0.260. The van der Waals surface area contributed by atoms with Crippen molar-refractivity contribution < 1.29 is 0 Å². The molecular weight excluding hydrogens is 156 g/mol. The van der Waals surface area contributed by atoms with Crippen molar-refractivity contribution in [1.82, 2.24) is 0 Å². The van der Waals surface area contributed by atoms with Gasteiger partial charge in [0.25, 0.3) is 0 Å². The molecular formula is C13H20. The molecule has 0 aliphatic heterocycles. The molecule has 0 aromatic heterocycles. The third-order valence-corrected chi connectivity index (χ3v) is 5.03. The highest BCUT2D eigenvalue weighted by atomic mass is 14.5. The van der Waals surface area contributed by atoms with Gasteiger partial charge in [0, 0.05) is 0 Å². The minimum atomic E-state index is 1.02. The lowest BCUT2D eigenvalue weighted by Gasteiger charge is -2.36. The van der Waals surface area contributed by atoms with Gasteiger partial charge in [0.2, 0.25) is 0 Å². The summed E-state index contributed by atoms with van der Waals surface area (Å²) < 4.78 is 0. The van der Waals surface area contributed by atoms with Crippen molar-refractivity contribution >= 4 is 0 Å². The number of fused-ring (bicyclic) bond motifs is 2. The van der Waals surface area contributed by atoms with E-state index in [0.717, 1.165) is 23.7 Å². The Labute approximate surface area is 81.4 Å². The molecule has 4 unspecified atom stereocenters. The summed E-state index contributed by atoms with van der Waals surface area (Å²) in [7, 11) is 0. The monoisotopic (exact) mass is 176 g/mol. The van der Waals surface area contributed by atoms with E-state index < -0.39 is 0 Å². The summed E-state index contributed by atoms with van der Waals surface area (Å²) in [6, 6.07) is 0. The zero-order valence-corrected chi connectivity index (χ0v) is 8.84. The van der Waals surface area contributed by atoms with Crippen LogP contribution in [0, 0.1) is 23.7 Å². The predicted octanol–water partition coefficient (Wildman–Crippen LogP) is 3.78. The molecule has 0 spiro atoms. The average molecular weight is 176 g/mol. The summed E-state index contributed by atoms with van der Waals surface area (Å²) >= 11 is 0. The SMILES string of the molecule is CCC1CCC2C(C)=C3C1CCC32. The van der Waals surface area contributed by atoms with Crippen molar-refractivity contribution in [3.05, 3.63) is 11.1 Å². The van der Waals surface area contributed by atoms with E-state index in [1.807, 2.05) is 11.1 Å². The quantitative estimate of drug-likeness (QED) is 0.533. The standard InChI is InChI=1S/C13H20/c1-3-9-4-5-10-8(2)13-11(9)6-7-12(10)13/h9-12H,3-7H2,1-2H3. The van der Waals surface area contributed by atoms with Crippen LogP contribution in [0.4, 0.5) is 0 Å².